The van der Waals surface area contributed by atoms with Gasteiger partial charge in [0.15, 0.2) is 17.3 Å². The molecule has 2 aromatic carbocycles. The van der Waals surface area contributed by atoms with E-state index in [2.05, 4.69) is 21.2 Å². The van der Waals surface area contributed by atoms with E-state index in [-0.39, 0.29) is 5.78 Å². The molecule has 0 amide bonds. The lowest BCUT2D eigenvalue weighted by Crippen LogP contribution is -2.34. The van der Waals surface area contributed by atoms with Crippen molar-refractivity contribution in [2.24, 2.45) is 0 Å². The van der Waals surface area contributed by atoms with Gasteiger partial charge in [-0.15, -0.1) is 0 Å². The highest BCUT2D eigenvalue weighted by atomic mass is 35.5. The predicted molar refractivity (Wildman–Crippen MR) is 127 cm³/mol. The van der Waals surface area contributed by atoms with Crippen LogP contribution in [0.25, 0.3) is 10.9 Å². The van der Waals surface area contributed by atoms with Gasteiger partial charge in [-0.2, -0.15) is 5.10 Å². The van der Waals surface area contributed by atoms with Crippen LogP contribution in [0, 0.1) is 0 Å². The van der Waals surface area contributed by atoms with Gasteiger partial charge in [-0.25, -0.2) is 0 Å². The van der Waals surface area contributed by atoms with Crippen LogP contribution in [0.15, 0.2) is 36.4 Å². The van der Waals surface area contributed by atoms with Gasteiger partial charge < -0.3 is 14.4 Å². The first-order valence-corrected chi connectivity index (χ1v) is 11.7. The van der Waals surface area contributed by atoms with E-state index in [4.69, 9.17) is 21.1 Å². The summed E-state index contributed by atoms with van der Waals surface area (Å²) in [5, 5.41) is 9.61. The zero-order valence-corrected chi connectivity index (χ0v) is 19.5. The number of benzene rings is 2. The Labute approximate surface area is 193 Å². The van der Waals surface area contributed by atoms with Crippen molar-refractivity contribution in [2.75, 3.05) is 33.4 Å². The maximum atomic E-state index is 11.9. The van der Waals surface area contributed by atoms with Crippen molar-refractivity contribution in [3.05, 3.63) is 52.7 Å². The largest absolute Gasteiger partial charge is 0.493 e. The van der Waals surface area contributed by atoms with E-state index < -0.39 is 0 Å². The number of likely N-dealkylation sites (tertiary alicyclic amines) is 1. The minimum absolute atomic E-state index is 0.102. The number of Topliss-reactive ketones (excluding diaryl/α,β-unsaturated/α-hetero) is 1. The Bertz CT molecular complexity index is 1070. The van der Waals surface area contributed by atoms with Gasteiger partial charge in [-0.05, 0) is 68.8 Å². The number of nitrogens with one attached hydrogen (secondary N) is 1. The molecule has 1 saturated heterocycles. The third-order valence-electron chi connectivity index (χ3n) is 6.21. The van der Waals surface area contributed by atoms with E-state index in [1.165, 1.54) is 5.39 Å². The number of hydrogen-bond donors (Lipinski definition) is 1. The van der Waals surface area contributed by atoms with Crippen molar-refractivity contribution in [1.29, 1.82) is 0 Å². The van der Waals surface area contributed by atoms with Crippen molar-refractivity contribution < 1.29 is 14.3 Å². The fraction of sp³-hybridized carbons (Fsp3) is 0.440. The summed E-state index contributed by atoms with van der Waals surface area (Å²) in [6.07, 6.45) is 3.62. The van der Waals surface area contributed by atoms with Gasteiger partial charge in [-0.1, -0.05) is 18.5 Å². The molecule has 1 aliphatic rings. The first kappa shape index (κ1) is 22.6. The molecule has 0 unspecified atom stereocenters. The maximum absolute atomic E-state index is 11.9. The Morgan fingerprint density at radius 3 is 2.75 bits per heavy atom. The number of ketones is 1. The first-order valence-electron chi connectivity index (χ1n) is 11.3. The molecule has 1 N–H and O–H groups in total. The summed E-state index contributed by atoms with van der Waals surface area (Å²) in [7, 11) is 1.60. The Balaban J connectivity index is 1.24. The van der Waals surface area contributed by atoms with Crippen molar-refractivity contribution >= 4 is 28.3 Å². The van der Waals surface area contributed by atoms with E-state index in [0.717, 1.165) is 55.1 Å². The maximum Gasteiger partial charge on any atom is 0.162 e. The number of aromatic amines is 1. The average molecular weight is 456 g/mol. The molecule has 3 aromatic rings. The number of methoxy groups -OCH3 is 1. The summed E-state index contributed by atoms with van der Waals surface area (Å²) in [6, 6.07) is 11.3. The van der Waals surface area contributed by atoms with Crippen LogP contribution in [0.4, 0.5) is 0 Å². The fourth-order valence-electron chi connectivity index (χ4n) is 4.39. The highest BCUT2D eigenvalue weighted by Crippen LogP contribution is 2.32. The number of rotatable bonds is 9. The molecule has 1 aromatic heterocycles. The molecule has 1 aliphatic heterocycles. The molecule has 0 aliphatic carbocycles. The van der Waals surface area contributed by atoms with Gasteiger partial charge in [0.2, 0.25) is 0 Å². The molecule has 7 heteroatoms. The van der Waals surface area contributed by atoms with Crippen LogP contribution in [0.1, 0.15) is 54.6 Å². The van der Waals surface area contributed by atoms with Crippen molar-refractivity contribution in [3.8, 4) is 11.5 Å². The molecule has 32 heavy (non-hydrogen) atoms. The summed E-state index contributed by atoms with van der Waals surface area (Å²) in [5.74, 6) is 1.87. The molecule has 0 saturated carbocycles. The summed E-state index contributed by atoms with van der Waals surface area (Å²) < 4.78 is 11.3. The molecule has 4 rings (SSSR count). The molecular weight excluding hydrogens is 426 g/mol. The van der Waals surface area contributed by atoms with Gasteiger partial charge >= 0.3 is 0 Å². The summed E-state index contributed by atoms with van der Waals surface area (Å²) in [6.45, 7) is 5.59. The average Bonchev–Trinajstić information content (AvgIpc) is 3.24. The number of piperidine rings is 1. The Kier molecular flexibility index (Phi) is 7.33. The van der Waals surface area contributed by atoms with Gasteiger partial charge in [0.05, 0.1) is 24.9 Å². The SMILES string of the molecule is CCC(=O)c1ccc(OCCCN2CCC(c3n[nH]c4cc(Cl)ccc34)CC2)c(OC)c1. The van der Waals surface area contributed by atoms with E-state index in [9.17, 15) is 4.79 Å². The summed E-state index contributed by atoms with van der Waals surface area (Å²) in [5.41, 5.74) is 2.83. The number of aromatic nitrogens is 2. The van der Waals surface area contributed by atoms with E-state index in [1.807, 2.05) is 25.1 Å². The fourth-order valence-corrected chi connectivity index (χ4v) is 4.56. The van der Waals surface area contributed by atoms with Crippen LogP contribution in [0.2, 0.25) is 5.02 Å². The number of ether oxygens (including phenoxy) is 2. The lowest BCUT2D eigenvalue weighted by Gasteiger charge is -2.31. The smallest absolute Gasteiger partial charge is 0.162 e. The molecular formula is C25H30ClN3O3. The highest BCUT2D eigenvalue weighted by molar-refractivity contribution is 6.31. The highest BCUT2D eigenvalue weighted by Gasteiger charge is 2.24. The van der Waals surface area contributed by atoms with Crippen LogP contribution in [0.3, 0.4) is 0 Å². The van der Waals surface area contributed by atoms with Gasteiger partial charge in [-0.3, -0.25) is 9.89 Å². The molecule has 0 radical (unpaired) electrons. The van der Waals surface area contributed by atoms with E-state index >= 15 is 0 Å². The van der Waals surface area contributed by atoms with Crippen LogP contribution < -0.4 is 9.47 Å². The molecule has 6 nitrogen and oxygen atoms in total. The Morgan fingerprint density at radius 2 is 2.00 bits per heavy atom. The molecule has 170 valence electrons. The molecule has 1 fully saturated rings. The van der Waals surface area contributed by atoms with E-state index in [0.29, 0.717) is 36.0 Å². The van der Waals surface area contributed by atoms with E-state index in [1.54, 1.807) is 19.2 Å². The number of fused-ring (bicyclic) bond motifs is 1. The summed E-state index contributed by atoms with van der Waals surface area (Å²) in [4.78, 5) is 14.4. The number of hydrogen-bond acceptors (Lipinski definition) is 5. The van der Waals surface area contributed by atoms with Crippen LogP contribution in [-0.4, -0.2) is 54.2 Å². The predicted octanol–water partition coefficient (Wildman–Crippen LogP) is 5.47. The molecule has 0 atom stereocenters. The van der Waals surface area contributed by atoms with Crippen LogP contribution in [-0.2, 0) is 0 Å². The second-order valence-corrected chi connectivity index (χ2v) is 8.70. The summed E-state index contributed by atoms with van der Waals surface area (Å²) >= 11 is 6.09. The van der Waals surface area contributed by atoms with Gasteiger partial charge in [0.25, 0.3) is 0 Å². The second-order valence-electron chi connectivity index (χ2n) is 8.26. The van der Waals surface area contributed by atoms with Crippen molar-refractivity contribution in [1.82, 2.24) is 15.1 Å². The number of carbonyl (C=O) groups is 1. The number of halogens is 1. The first-order chi connectivity index (χ1) is 15.6. The molecule has 2 heterocycles. The second kappa shape index (κ2) is 10.4. The zero-order chi connectivity index (χ0) is 22.5. The van der Waals surface area contributed by atoms with Crippen molar-refractivity contribution in [2.45, 2.75) is 38.5 Å². The third kappa shape index (κ3) is 5.08. The minimum atomic E-state index is 0.102. The van der Waals surface area contributed by atoms with Gasteiger partial charge in [0, 0.05) is 34.9 Å². The Morgan fingerprint density at radius 1 is 1.19 bits per heavy atom. The normalized spacial score (nSPS) is 15.2. The molecule has 0 spiro atoms. The standard InChI is InChI=1S/C25H30ClN3O3/c1-3-22(30)18-5-8-23(24(15-18)31-2)32-14-4-11-29-12-9-17(10-13-29)25-20-7-6-19(26)16-21(20)27-28-25/h5-8,15-17H,3-4,9-14H2,1-2H3,(H,27,28). The van der Waals surface area contributed by atoms with Gasteiger partial charge in [0.1, 0.15) is 0 Å². The number of carbonyl (C=O) groups excluding carboxylic acids is 1. The molecule has 0 bridgehead atoms. The van der Waals surface area contributed by atoms with Crippen LogP contribution in [0.5, 0.6) is 11.5 Å². The Hall–Kier alpha value is -2.57. The quantitative estimate of drug-likeness (QED) is 0.342. The monoisotopic (exact) mass is 455 g/mol. The van der Waals surface area contributed by atoms with Crippen LogP contribution >= 0.6 is 11.6 Å². The lowest BCUT2D eigenvalue weighted by atomic mass is 9.91. The minimum Gasteiger partial charge on any atom is -0.493 e. The topological polar surface area (TPSA) is 67.5 Å². The number of nitrogens with zero attached hydrogens (tertiary/aromatic N) is 2. The zero-order valence-electron chi connectivity index (χ0n) is 18.7. The number of H-pyrrole nitrogens is 1. The van der Waals surface area contributed by atoms with Crippen molar-refractivity contribution in [3.63, 3.8) is 0 Å². The third-order valence-corrected chi connectivity index (χ3v) is 6.45. The lowest BCUT2D eigenvalue weighted by molar-refractivity contribution is 0.0987.